The van der Waals surface area contributed by atoms with Crippen molar-refractivity contribution >= 4 is 34.8 Å². The fourth-order valence-electron chi connectivity index (χ4n) is 2.39. The highest BCUT2D eigenvalue weighted by molar-refractivity contribution is 6.42. The van der Waals surface area contributed by atoms with E-state index in [2.05, 4.69) is 5.32 Å². The van der Waals surface area contributed by atoms with Crippen LogP contribution in [-0.2, 0) is 19.1 Å². The standard InChI is InChI=1S/C18H17Cl3F3N/c1-11(2-3-12-4-5-16(20)17(21)8-12)25-10-13-6-14(18(22,23)24)9-15(19)7-13/h4-9,11,25H,2-3,10H2,1H3/t11-/m1/s1. The molecule has 1 atom stereocenters. The highest BCUT2D eigenvalue weighted by Crippen LogP contribution is 2.32. The molecule has 7 heteroatoms. The molecule has 0 radical (unpaired) electrons. The first-order valence-electron chi connectivity index (χ1n) is 7.69. The number of rotatable bonds is 6. The van der Waals surface area contributed by atoms with Gasteiger partial charge in [0.05, 0.1) is 15.6 Å². The summed E-state index contributed by atoms with van der Waals surface area (Å²) in [6.07, 6.45) is -2.81. The molecular formula is C18H17Cl3F3N. The van der Waals surface area contributed by atoms with Crippen molar-refractivity contribution < 1.29 is 13.2 Å². The number of alkyl halides is 3. The monoisotopic (exact) mass is 409 g/mol. The second-order valence-corrected chi connectivity index (χ2v) is 7.17. The van der Waals surface area contributed by atoms with E-state index in [1.54, 1.807) is 6.07 Å². The van der Waals surface area contributed by atoms with E-state index in [0.717, 1.165) is 30.5 Å². The molecule has 0 aliphatic rings. The molecule has 1 nitrogen and oxygen atoms in total. The first-order valence-corrected chi connectivity index (χ1v) is 8.82. The first-order chi connectivity index (χ1) is 11.6. The number of benzene rings is 2. The fraction of sp³-hybridized carbons (Fsp3) is 0.333. The van der Waals surface area contributed by atoms with Crippen LogP contribution in [0.1, 0.15) is 30.0 Å². The Balaban J connectivity index is 1.90. The van der Waals surface area contributed by atoms with E-state index in [1.165, 1.54) is 6.07 Å². The lowest BCUT2D eigenvalue weighted by Gasteiger charge is -2.15. The number of aryl methyl sites for hydroxylation is 1. The van der Waals surface area contributed by atoms with Crippen LogP contribution in [0.25, 0.3) is 0 Å². The summed E-state index contributed by atoms with van der Waals surface area (Å²) >= 11 is 17.7. The van der Waals surface area contributed by atoms with Crippen molar-refractivity contribution in [2.75, 3.05) is 0 Å². The van der Waals surface area contributed by atoms with Crippen LogP contribution in [0.15, 0.2) is 36.4 Å². The van der Waals surface area contributed by atoms with Crippen molar-refractivity contribution in [3.63, 3.8) is 0 Å². The Hall–Kier alpha value is -0.940. The van der Waals surface area contributed by atoms with E-state index in [1.807, 2.05) is 19.1 Å². The molecule has 0 aromatic heterocycles. The van der Waals surface area contributed by atoms with E-state index in [4.69, 9.17) is 34.8 Å². The van der Waals surface area contributed by atoms with Gasteiger partial charge in [-0.25, -0.2) is 0 Å². The van der Waals surface area contributed by atoms with Gasteiger partial charge in [0.25, 0.3) is 0 Å². The van der Waals surface area contributed by atoms with Gasteiger partial charge in [-0.05, 0) is 61.2 Å². The maximum Gasteiger partial charge on any atom is 0.416 e. The van der Waals surface area contributed by atoms with Crippen LogP contribution in [-0.4, -0.2) is 6.04 Å². The smallest absolute Gasteiger partial charge is 0.310 e. The zero-order valence-corrected chi connectivity index (χ0v) is 15.7. The van der Waals surface area contributed by atoms with Gasteiger partial charge < -0.3 is 5.32 Å². The lowest BCUT2D eigenvalue weighted by Crippen LogP contribution is -2.26. The van der Waals surface area contributed by atoms with Gasteiger partial charge in [-0.15, -0.1) is 0 Å². The Kier molecular flexibility index (Phi) is 7.03. The molecule has 2 aromatic rings. The van der Waals surface area contributed by atoms with E-state index in [-0.39, 0.29) is 11.1 Å². The summed E-state index contributed by atoms with van der Waals surface area (Å²) in [7, 11) is 0. The normalized spacial score (nSPS) is 13.1. The van der Waals surface area contributed by atoms with Crippen LogP contribution in [0, 0.1) is 0 Å². The van der Waals surface area contributed by atoms with Crippen LogP contribution >= 0.6 is 34.8 Å². The SMILES string of the molecule is C[C@H](CCc1ccc(Cl)c(Cl)c1)NCc1cc(Cl)cc(C(F)(F)F)c1. The minimum Gasteiger partial charge on any atom is -0.310 e. The van der Waals surface area contributed by atoms with E-state index < -0.39 is 11.7 Å². The molecule has 2 rings (SSSR count). The van der Waals surface area contributed by atoms with Gasteiger partial charge >= 0.3 is 6.18 Å². The van der Waals surface area contributed by atoms with Crippen LogP contribution in [0.2, 0.25) is 15.1 Å². The quantitative estimate of drug-likeness (QED) is 0.553. The molecule has 25 heavy (non-hydrogen) atoms. The fourth-order valence-corrected chi connectivity index (χ4v) is 2.97. The summed E-state index contributed by atoms with van der Waals surface area (Å²) < 4.78 is 38.5. The Labute approximate surface area is 160 Å². The van der Waals surface area contributed by atoms with Gasteiger partial charge in [0.2, 0.25) is 0 Å². The number of nitrogens with one attached hydrogen (secondary N) is 1. The van der Waals surface area contributed by atoms with E-state index in [0.29, 0.717) is 22.2 Å². The zero-order valence-electron chi connectivity index (χ0n) is 13.4. The topological polar surface area (TPSA) is 12.0 Å². The Morgan fingerprint density at radius 2 is 1.68 bits per heavy atom. The molecule has 0 spiro atoms. The van der Waals surface area contributed by atoms with Crippen LogP contribution in [0.4, 0.5) is 13.2 Å². The molecular weight excluding hydrogens is 394 g/mol. The van der Waals surface area contributed by atoms with Gasteiger partial charge in [0.15, 0.2) is 0 Å². The number of hydrogen-bond acceptors (Lipinski definition) is 1. The summed E-state index contributed by atoms with van der Waals surface area (Å²) in [6.45, 7) is 2.29. The van der Waals surface area contributed by atoms with Gasteiger partial charge in [0, 0.05) is 17.6 Å². The molecule has 0 saturated carbocycles. The van der Waals surface area contributed by atoms with Crippen molar-refractivity contribution in [1.82, 2.24) is 5.32 Å². The summed E-state index contributed by atoms with van der Waals surface area (Å²) in [5.74, 6) is 0. The van der Waals surface area contributed by atoms with Crippen molar-refractivity contribution in [3.8, 4) is 0 Å². The van der Waals surface area contributed by atoms with Crippen LogP contribution in [0.3, 0.4) is 0 Å². The highest BCUT2D eigenvalue weighted by atomic mass is 35.5. The van der Waals surface area contributed by atoms with E-state index in [9.17, 15) is 13.2 Å². The zero-order chi connectivity index (χ0) is 18.6. The molecule has 0 aliphatic heterocycles. The molecule has 0 heterocycles. The summed E-state index contributed by atoms with van der Waals surface area (Å²) in [4.78, 5) is 0. The lowest BCUT2D eigenvalue weighted by atomic mass is 10.1. The van der Waals surface area contributed by atoms with Gasteiger partial charge in [-0.2, -0.15) is 13.2 Å². The molecule has 0 amide bonds. The highest BCUT2D eigenvalue weighted by Gasteiger charge is 2.31. The molecule has 2 aromatic carbocycles. The van der Waals surface area contributed by atoms with Crippen molar-refractivity contribution in [3.05, 3.63) is 68.2 Å². The minimum absolute atomic E-state index is 0.0788. The third-order valence-electron chi connectivity index (χ3n) is 3.79. The lowest BCUT2D eigenvalue weighted by molar-refractivity contribution is -0.137. The summed E-state index contributed by atoms with van der Waals surface area (Å²) in [5.41, 5.74) is 0.826. The van der Waals surface area contributed by atoms with Gasteiger partial charge in [-0.1, -0.05) is 40.9 Å². The van der Waals surface area contributed by atoms with Crippen LogP contribution in [0.5, 0.6) is 0 Å². The first kappa shape index (κ1) is 20.4. The largest absolute Gasteiger partial charge is 0.416 e. The number of hydrogen-bond donors (Lipinski definition) is 1. The molecule has 0 bridgehead atoms. The molecule has 136 valence electrons. The minimum atomic E-state index is -4.40. The molecule has 1 N–H and O–H groups in total. The average molecular weight is 411 g/mol. The predicted octanol–water partition coefficient (Wildman–Crippen LogP) is 6.78. The Bertz CT molecular complexity index is 732. The summed E-state index contributed by atoms with van der Waals surface area (Å²) in [6, 6.07) is 9.18. The van der Waals surface area contributed by atoms with Gasteiger partial charge in [0.1, 0.15) is 0 Å². The second kappa shape index (κ2) is 8.63. The molecule has 0 unspecified atom stereocenters. The third-order valence-corrected chi connectivity index (χ3v) is 4.75. The van der Waals surface area contributed by atoms with Crippen molar-refractivity contribution in [2.24, 2.45) is 0 Å². The third kappa shape index (κ3) is 6.37. The maximum atomic E-state index is 12.8. The van der Waals surface area contributed by atoms with Crippen molar-refractivity contribution in [2.45, 2.75) is 38.5 Å². The summed E-state index contributed by atoms with van der Waals surface area (Å²) in [5, 5.41) is 4.32. The Morgan fingerprint density at radius 3 is 2.32 bits per heavy atom. The molecule has 0 aliphatic carbocycles. The maximum absolute atomic E-state index is 12.8. The van der Waals surface area contributed by atoms with E-state index >= 15 is 0 Å². The molecule has 0 saturated heterocycles. The van der Waals surface area contributed by atoms with Gasteiger partial charge in [-0.3, -0.25) is 0 Å². The second-order valence-electron chi connectivity index (χ2n) is 5.91. The Morgan fingerprint density at radius 1 is 0.960 bits per heavy atom. The number of halogens is 6. The van der Waals surface area contributed by atoms with Crippen molar-refractivity contribution in [1.29, 1.82) is 0 Å². The van der Waals surface area contributed by atoms with Crippen LogP contribution < -0.4 is 5.32 Å². The average Bonchev–Trinajstić information content (AvgIpc) is 2.52. The predicted molar refractivity (Wildman–Crippen MR) is 97.5 cm³/mol. The molecule has 0 fully saturated rings.